The first-order chi connectivity index (χ1) is 7.61. The molecule has 0 spiro atoms. The first-order valence-corrected chi connectivity index (χ1v) is 6.17. The highest BCUT2D eigenvalue weighted by Gasteiger charge is 1.87. The fraction of sp³-hybridized carbons (Fsp3) is 0. The lowest BCUT2D eigenvalue weighted by Crippen LogP contribution is -1.85. The van der Waals surface area contributed by atoms with Gasteiger partial charge in [0.15, 0.2) is 0 Å². The number of benzene rings is 2. The van der Waals surface area contributed by atoms with Crippen molar-refractivity contribution in [3.8, 4) is 0 Å². The van der Waals surface area contributed by atoms with E-state index in [0.717, 1.165) is 19.8 Å². The van der Waals surface area contributed by atoms with Crippen molar-refractivity contribution in [2.24, 2.45) is 0 Å². The molecule has 0 radical (unpaired) electrons. The average molecular weight is 344 g/mol. The minimum absolute atomic E-state index is 0.732. The second-order valence-electron chi connectivity index (χ2n) is 3.08. The van der Waals surface area contributed by atoms with Crippen LogP contribution in [0.1, 0.15) is 0 Å². The second-order valence-corrected chi connectivity index (χ2v) is 4.72. The van der Waals surface area contributed by atoms with Crippen LogP contribution in [0, 0.1) is 3.57 Å². The predicted octanol–water partition coefficient (Wildman–Crippen LogP) is 3.43. The van der Waals surface area contributed by atoms with Crippen LogP contribution in [0.15, 0.2) is 53.4 Å². The molecule has 0 unspecified atom stereocenters. The highest BCUT2D eigenvalue weighted by molar-refractivity contribution is 14.1. The predicted molar refractivity (Wildman–Crippen MR) is 81.7 cm³/mol. The molecule has 4 N–H and O–H groups in total. The Kier molecular flexibility index (Phi) is 5.48. The topological polar surface area (TPSA) is 52.0 Å². The van der Waals surface area contributed by atoms with E-state index in [9.17, 15) is 0 Å². The Morgan fingerprint density at radius 2 is 1.31 bits per heavy atom. The standard InChI is InChI=1S/C6H6IN.C6H7NS/c2*7-5-3-1-2-4-6(5)8/h1-4H,8H2;1-4,8H,7H2. The van der Waals surface area contributed by atoms with E-state index < -0.39 is 0 Å². The monoisotopic (exact) mass is 344 g/mol. The van der Waals surface area contributed by atoms with Gasteiger partial charge in [0, 0.05) is 19.8 Å². The lowest BCUT2D eigenvalue weighted by molar-refractivity contribution is 1.48. The minimum Gasteiger partial charge on any atom is -0.398 e. The van der Waals surface area contributed by atoms with E-state index in [4.69, 9.17) is 11.5 Å². The van der Waals surface area contributed by atoms with Gasteiger partial charge in [-0.15, -0.1) is 12.6 Å². The molecule has 0 amide bonds. The zero-order chi connectivity index (χ0) is 12.0. The zero-order valence-electron chi connectivity index (χ0n) is 8.60. The smallest absolute Gasteiger partial charge is 0.0449 e. The summed E-state index contributed by atoms with van der Waals surface area (Å²) in [6, 6.07) is 15.2. The van der Waals surface area contributed by atoms with Crippen molar-refractivity contribution in [3.05, 3.63) is 52.1 Å². The molecule has 2 rings (SSSR count). The van der Waals surface area contributed by atoms with Gasteiger partial charge in [-0.1, -0.05) is 24.3 Å². The Morgan fingerprint density at radius 3 is 1.62 bits per heavy atom. The van der Waals surface area contributed by atoms with Crippen LogP contribution in [-0.4, -0.2) is 0 Å². The molecule has 0 aliphatic rings. The first kappa shape index (κ1) is 13.2. The fourth-order valence-electron chi connectivity index (χ4n) is 0.963. The van der Waals surface area contributed by atoms with Gasteiger partial charge in [-0.25, -0.2) is 0 Å². The van der Waals surface area contributed by atoms with E-state index in [1.54, 1.807) is 0 Å². The van der Waals surface area contributed by atoms with Gasteiger partial charge in [0.25, 0.3) is 0 Å². The maximum Gasteiger partial charge on any atom is 0.0449 e. The van der Waals surface area contributed by atoms with Crippen LogP contribution < -0.4 is 11.5 Å². The number of hydrogen-bond donors (Lipinski definition) is 3. The summed E-state index contributed by atoms with van der Waals surface area (Å²) in [5.41, 5.74) is 12.5. The molecule has 0 atom stereocenters. The van der Waals surface area contributed by atoms with Gasteiger partial charge >= 0.3 is 0 Å². The molecule has 16 heavy (non-hydrogen) atoms. The molecule has 2 aromatic rings. The van der Waals surface area contributed by atoms with Gasteiger partial charge in [-0.2, -0.15) is 0 Å². The number of thiol groups is 1. The van der Waals surface area contributed by atoms with Crippen molar-refractivity contribution in [1.82, 2.24) is 0 Å². The molecule has 4 heteroatoms. The SMILES string of the molecule is Nc1ccccc1I.Nc1ccccc1S. The Labute approximate surface area is 115 Å². The molecule has 2 nitrogen and oxygen atoms in total. The largest absolute Gasteiger partial charge is 0.398 e. The third kappa shape index (κ3) is 4.32. The Hall–Kier alpha value is -0.880. The van der Waals surface area contributed by atoms with Crippen molar-refractivity contribution in [3.63, 3.8) is 0 Å². The molecular weight excluding hydrogens is 331 g/mol. The molecule has 2 aromatic carbocycles. The maximum atomic E-state index is 5.51. The van der Waals surface area contributed by atoms with Crippen molar-refractivity contribution in [1.29, 1.82) is 0 Å². The summed E-state index contributed by atoms with van der Waals surface area (Å²) in [5, 5.41) is 0. The number of hydrogen-bond acceptors (Lipinski definition) is 3. The second kappa shape index (κ2) is 6.65. The summed E-state index contributed by atoms with van der Waals surface area (Å²) in [6.45, 7) is 0. The van der Waals surface area contributed by atoms with Crippen LogP contribution in [0.4, 0.5) is 11.4 Å². The molecule has 0 aliphatic heterocycles. The van der Waals surface area contributed by atoms with Crippen LogP contribution in [0.25, 0.3) is 0 Å². The minimum atomic E-state index is 0.732. The number of nitrogens with two attached hydrogens (primary N) is 2. The fourth-order valence-corrected chi connectivity index (χ4v) is 1.51. The first-order valence-electron chi connectivity index (χ1n) is 4.64. The van der Waals surface area contributed by atoms with Crippen LogP contribution in [0.2, 0.25) is 0 Å². The van der Waals surface area contributed by atoms with Crippen molar-refractivity contribution in [2.45, 2.75) is 4.90 Å². The van der Waals surface area contributed by atoms with Gasteiger partial charge < -0.3 is 11.5 Å². The quantitative estimate of drug-likeness (QED) is 0.390. The third-order valence-electron chi connectivity index (χ3n) is 1.84. The maximum absolute atomic E-state index is 5.51. The zero-order valence-corrected chi connectivity index (χ0v) is 11.7. The normalized spacial score (nSPS) is 9.12. The number of rotatable bonds is 0. The summed E-state index contributed by atoms with van der Waals surface area (Å²) in [6.07, 6.45) is 0. The lowest BCUT2D eigenvalue weighted by Gasteiger charge is -1.92. The van der Waals surface area contributed by atoms with E-state index in [0.29, 0.717) is 0 Å². The Bertz CT molecular complexity index is 375. The summed E-state index contributed by atoms with van der Waals surface area (Å²) >= 11 is 6.27. The lowest BCUT2D eigenvalue weighted by atomic mass is 10.3. The Morgan fingerprint density at radius 1 is 0.812 bits per heavy atom. The summed E-state index contributed by atoms with van der Waals surface area (Å²) in [4.78, 5) is 0.840. The summed E-state index contributed by atoms with van der Waals surface area (Å²) < 4.78 is 1.12. The van der Waals surface area contributed by atoms with Crippen LogP contribution in [0.3, 0.4) is 0 Å². The number of halogens is 1. The van der Waals surface area contributed by atoms with Crippen LogP contribution >= 0.6 is 35.2 Å². The van der Waals surface area contributed by atoms with Crippen LogP contribution in [-0.2, 0) is 0 Å². The van der Waals surface area contributed by atoms with E-state index in [1.807, 2.05) is 48.5 Å². The molecule has 0 bridgehead atoms. The molecule has 0 aromatic heterocycles. The van der Waals surface area contributed by atoms with E-state index in [2.05, 4.69) is 35.2 Å². The highest BCUT2D eigenvalue weighted by Crippen LogP contribution is 2.13. The number of nitrogen functional groups attached to an aromatic ring is 2. The molecular formula is C12H13IN2S. The Balaban J connectivity index is 0.000000160. The average Bonchev–Trinajstić information content (AvgIpc) is 2.28. The summed E-state index contributed by atoms with van der Waals surface area (Å²) in [7, 11) is 0. The molecule has 84 valence electrons. The molecule has 0 saturated heterocycles. The molecule has 0 heterocycles. The van der Waals surface area contributed by atoms with Crippen molar-refractivity contribution < 1.29 is 0 Å². The molecule has 0 fully saturated rings. The van der Waals surface area contributed by atoms with Crippen LogP contribution in [0.5, 0.6) is 0 Å². The van der Waals surface area contributed by atoms with Gasteiger partial charge in [0.2, 0.25) is 0 Å². The molecule has 0 saturated carbocycles. The van der Waals surface area contributed by atoms with E-state index in [-0.39, 0.29) is 0 Å². The van der Waals surface area contributed by atoms with Gasteiger partial charge in [-0.3, -0.25) is 0 Å². The van der Waals surface area contributed by atoms with E-state index >= 15 is 0 Å². The van der Waals surface area contributed by atoms with Crippen molar-refractivity contribution >= 4 is 46.6 Å². The van der Waals surface area contributed by atoms with Gasteiger partial charge in [0.1, 0.15) is 0 Å². The highest BCUT2D eigenvalue weighted by atomic mass is 127. The van der Waals surface area contributed by atoms with Crippen molar-refractivity contribution in [2.75, 3.05) is 11.5 Å². The summed E-state index contributed by atoms with van der Waals surface area (Å²) in [5.74, 6) is 0. The van der Waals surface area contributed by atoms with Gasteiger partial charge in [0.05, 0.1) is 0 Å². The number of para-hydroxylation sites is 2. The molecule has 0 aliphatic carbocycles. The third-order valence-corrected chi connectivity index (χ3v) is 3.23. The van der Waals surface area contributed by atoms with Gasteiger partial charge in [-0.05, 0) is 46.9 Å². The number of anilines is 2. The van der Waals surface area contributed by atoms with E-state index in [1.165, 1.54) is 0 Å².